The van der Waals surface area contributed by atoms with Crippen LogP contribution in [0.3, 0.4) is 0 Å². The number of rotatable bonds is 5. The molecule has 0 aliphatic carbocycles. The third-order valence-corrected chi connectivity index (χ3v) is 6.43. The number of aromatic nitrogens is 4. The third-order valence-electron chi connectivity index (χ3n) is 4.88. The lowest BCUT2D eigenvalue weighted by Gasteiger charge is -2.41. The molecule has 3 aromatic rings. The maximum Gasteiger partial charge on any atom is 0.194 e. The van der Waals surface area contributed by atoms with Crippen LogP contribution in [0, 0.1) is 17.5 Å². The Labute approximate surface area is 192 Å². The standard InChI is InChI=1S/C19H16BrF3N4O4S/c20-9-3-10(5-24-4-9)32-19-18(30)16(17(29)14(7-28)31-19)27-6-13(25-26-27)8-1-11(21)15(23)12(22)2-8/h1-6,14,16-19,28-30H,7H2. The summed E-state index contributed by atoms with van der Waals surface area (Å²) in [6.07, 6.45) is 0.672. The Bertz CT molecular complexity index is 1100. The van der Waals surface area contributed by atoms with Crippen LogP contribution >= 0.6 is 27.7 Å². The molecular formula is C19H16BrF3N4O4S. The number of thioether (sulfide) groups is 1. The predicted molar refractivity (Wildman–Crippen MR) is 110 cm³/mol. The number of hydrogen-bond donors (Lipinski definition) is 3. The van der Waals surface area contributed by atoms with Gasteiger partial charge in [0, 0.05) is 27.3 Å². The first-order valence-electron chi connectivity index (χ1n) is 9.25. The monoisotopic (exact) mass is 532 g/mol. The largest absolute Gasteiger partial charge is 0.394 e. The van der Waals surface area contributed by atoms with Crippen molar-refractivity contribution in [3.63, 3.8) is 0 Å². The van der Waals surface area contributed by atoms with Crippen molar-refractivity contribution in [1.82, 2.24) is 20.0 Å². The van der Waals surface area contributed by atoms with Crippen molar-refractivity contribution >= 4 is 27.7 Å². The van der Waals surface area contributed by atoms with Gasteiger partial charge in [-0.25, -0.2) is 17.9 Å². The van der Waals surface area contributed by atoms with Gasteiger partial charge in [0.1, 0.15) is 35.5 Å². The average Bonchev–Trinajstić information content (AvgIpc) is 3.23. The van der Waals surface area contributed by atoms with Crippen LogP contribution in [0.25, 0.3) is 11.3 Å². The molecule has 0 spiro atoms. The Balaban J connectivity index is 1.64. The highest BCUT2D eigenvalue weighted by molar-refractivity contribution is 9.10. The second-order valence-electron chi connectivity index (χ2n) is 6.99. The molecule has 0 saturated carbocycles. The number of pyridine rings is 1. The quantitative estimate of drug-likeness (QED) is 0.429. The van der Waals surface area contributed by atoms with Gasteiger partial charge in [-0.2, -0.15) is 0 Å². The number of nitrogens with zero attached hydrogens (tertiary/aromatic N) is 4. The molecule has 13 heteroatoms. The number of ether oxygens (including phenoxy) is 1. The zero-order valence-corrected chi connectivity index (χ0v) is 18.4. The molecule has 0 bridgehead atoms. The van der Waals surface area contributed by atoms with E-state index in [-0.39, 0.29) is 11.3 Å². The number of hydrogen-bond acceptors (Lipinski definition) is 8. The van der Waals surface area contributed by atoms with Crippen LogP contribution in [0.2, 0.25) is 0 Å². The molecule has 4 rings (SSSR count). The molecule has 2 aromatic heterocycles. The first kappa shape index (κ1) is 23.1. The van der Waals surface area contributed by atoms with Crippen LogP contribution in [-0.4, -0.2) is 65.7 Å². The van der Waals surface area contributed by atoms with Gasteiger partial charge < -0.3 is 20.1 Å². The van der Waals surface area contributed by atoms with Gasteiger partial charge >= 0.3 is 0 Å². The fourth-order valence-electron chi connectivity index (χ4n) is 3.33. The predicted octanol–water partition coefficient (Wildman–Crippen LogP) is 2.29. The van der Waals surface area contributed by atoms with Gasteiger partial charge in [0.25, 0.3) is 0 Å². The summed E-state index contributed by atoms with van der Waals surface area (Å²) < 4.78 is 47.9. The molecule has 1 fully saturated rings. The summed E-state index contributed by atoms with van der Waals surface area (Å²) in [5.74, 6) is -4.38. The first-order valence-corrected chi connectivity index (χ1v) is 10.9. The van der Waals surface area contributed by atoms with Crippen LogP contribution in [0.1, 0.15) is 6.04 Å². The summed E-state index contributed by atoms with van der Waals surface area (Å²) >= 11 is 4.43. The van der Waals surface area contributed by atoms with Crippen molar-refractivity contribution in [3.05, 3.63) is 58.7 Å². The van der Waals surface area contributed by atoms with E-state index in [1.807, 2.05) is 0 Å². The molecule has 3 N–H and O–H groups in total. The van der Waals surface area contributed by atoms with Crippen LogP contribution in [0.15, 0.2) is 46.2 Å². The lowest BCUT2D eigenvalue weighted by Crippen LogP contribution is -2.55. The summed E-state index contributed by atoms with van der Waals surface area (Å²) in [5, 5.41) is 38.9. The SMILES string of the molecule is OCC1OC(Sc2cncc(Br)c2)C(O)C(n2cc(-c3cc(F)c(F)c(F)c3)nn2)C1O. The summed E-state index contributed by atoms with van der Waals surface area (Å²) in [4.78, 5) is 4.70. The second kappa shape index (κ2) is 9.45. The minimum atomic E-state index is -1.61. The van der Waals surface area contributed by atoms with E-state index in [1.165, 1.54) is 6.20 Å². The molecule has 170 valence electrons. The van der Waals surface area contributed by atoms with E-state index in [4.69, 9.17) is 4.74 Å². The molecule has 3 heterocycles. The van der Waals surface area contributed by atoms with Crippen LogP contribution in [0.5, 0.6) is 0 Å². The molecule has 1 aliphatic heterocycles. The fourth-order valence-corrected chi connectivity index (χ4v) is 4.93. The van der Waals surface area contributed by atoms with Gasteiger partial charge in [-0.1, -0.05) is 17.0 Å². The highest BCUT2D eigenvalue weighted by Gasteiger charge is 2.46. The summed E-state index contributed by atoms with van der Waals surface area (Å²) in [6, 6.07) is 2.18. The summed E-state index contributed by atoms with van der Waals surface area (Å²) in [7, 11) is 0. The van der Waals surface area contributed by atoms with E-state index in [9.17, 15) is 28.5 Å². The maximum atomic E-state index is 13.6. The highest BCUT2D eigenvalue weighted by Crippen LogP contribution is 2.38. The zero-order chi connectivity index (χ0) is 23.0. The number of halogens is 4. The highest BCUT2D eigenvalue weighted by atomic mass is 79.9. The van der Waals surface area contributed by atoms with Gasteiger partial charge in [-0.05, 0) is 34.1 Å². The Hall–Kier alpha value is -2.03. The molecule has 0 radical (unpaired) electrons. The minimum Gasteiger partial charge on any atom is -0.394 e. The Morgan fingerprint density at radius 1 is 1.09 bits per heavy atom. The van der Waals surface area contributed by atoms with E-state index in [1.54, 1.807) is 18.5 Å². The summed E-state index contributed by atoms with van der Waals surface area (Å²) in [5.41, 5.74) is -0.992. The maximum absolute atomic E-state index is 13.6. The fraction of sp³-hybridized carbons (Fsp3) is 0.316. The van der Waals surface area contributed by atoms with Gasteiger partial charge in [0.15, 0.2) is 17.5 Å². The smallest absolute Gasteiger partial charge is 0.194 e. The molecule has 8 nitrogen and oxygen atoms in total. The van der Waals surface area contributed by atoms with Crippen molar-refractivity contribution in [2.45, 2.75) is 34.7 Å². The van der Waals surface area contributed by atoms with E-state index in [0.717, 1.165) is 28.6 Å². The van der Waals surface area contributed by atoms with E-state index >= 15 is 0 Å². The molecule has 1 saturated heterocycles. The minimum absolute atomic E-state index is 0.00497. The number of benzene rings is 1. The van der Waals surface area contributed by atoms with Crippen molar-refractivity contribution in [1.29, 1.82) is 0 Å². The van der Waals surface area contributed by atoms with Crippen molar-refractivity contribution in [3.8, 4) is 11.3 Å². The number of aliphatic hydroxyl groups excluding tert-OH is 3. The normalized spacial score (nSPS) is 25.8. The van der Waals surface area contributed by atoms with Crippen molar-refractivity contribution in [2.24, 2.45) is 0 Å². The first-order chi connectivity index (χ1) is 15.3. The summed E-state index contributed by atoms with van der Waals surface area (Å²) in [6.45, 7) is -0.534. The lowest BCUT2D eigenvalue weighted by atomic mass is 9.97. The van der Waals surface area contributed by atoms with Gasteiger partial charge in [-0.15, -0.1) is 5.10 Å². The Kier molecular flexibility index (Phi) is 6.83. The van der Waals surface area contributed by atoms with E-state index < -0.39 is 53.8 Å². The molecule has 5 atom stereocenters. The topological polar surface area (TPSA) is 114 Å². The number of aliphatic hydroxyl groups is 3. The van der Waals surface area contributed by atoms with Crippen LogP contribution in [0.4, 0.5) is 13.2 Å². The molecule has 1 aromatic carbocycles. The average molecular weight is 533 g/mol. The van der Waals surface area contributed by atoms with Crippen LogP contribution in [-0.2, 0) is 4.74 Å². The molecule has 0 amide bonds. The van der Waals surface area contributed by atoms with Crippen molar-refractivity contribution < 1.29 is 33.2 Å². The van der Waals surface area contributed by atoms with Crippen LogP contribution < -0.4 is 0 Å². The van der Waals surface area contributed by atoms with E-state index in [0.29, 0.717) is 9.37 Å². The zero-order valence-electron chi connectivity index (χ0n) is 16.0. The Morgan fingerprint density at radius 2 is 1.81 bits per heavy atom. The molecule has 1 aliphatic rings. The van der Waals surface area contributed by atoms with E-state index in [2.05, 4.69) is 31.2 Å². The molecule has 5 unspecified atom stereocenters. The van der Waals surface area contributed by atoms with Gasteiger partial charge in [0.2, 0.25) is 0 Å². The van der Waals surface area contributed by atoms with Crippen molar-refractivity contribution in [2.75, 3.05) is 6.61 Å². The Morgan fingerprint density at radius 3 is 2.47 bits per heavy atom. The van der Waals surface area contributed by atoms with Gasteiger partial charge in [0.05, 0.1) is 12.8 Å². The van der Waals surface area contributed by atoms with Gasteiger partial charge in [-0.3, -0.25) is 4.98 Å². The second-order valence-corrected chi connectivity index (χ2v) is 9.08. The molecular weight excluding hydrogens is 517 g/mol. The third kappa shape index (κ3) is 4.54. The molecule has 32 heavy (non-hydrogen) atoms. The lowest BCUT2D eigenvalue weighted by molar-refractivity contribution is -0.178.